The lowest BCUT2D eigenvalue weighted by atomic mass is 10.3. The summed E-state index contributed by atoms with van der Waals surface area (Å²) in [6, 6.07) is 11.6. The molecule has 0 aliphatic heterocycles. The number of nitrogens with two attached hydrogens (primary N) is 2. The predicted octanol–water partition coefficient (Wildman–Crippen LogP) is 4.53. The molecule has 0 radical (unpaired) electrons. The summed E-state index contributed by atoms with van der Waals surface area (Å²) in [5, 5.41) is 0. The third-order valence-electron chi connectivity index (χ3n) is 2.08. The van der Waals surface area contributed by atoms with Gasteiger partial charge in [-0.05, 0) is 52.3 Å². The monoisotopic (exact) mass is 372 g/mol. The maximum atomic E-state index is 5.80. The maximum absolute atomic E-state index is 5.80. The van der Waals surface area contributed by atoms with Crippen molar-refractivity contribution >= 4 is 55.0 Å². The van der Waals surface area contributed by atoms with Gasteiger partial charge in [-0.3, -0.25) is 0 Å². The second-order valence-corrected chi connectivity index (χ2v) is 6.40. The number of hydrogen-bond donors (Lipinski definition) is 2. The Hall–Kier alpha value is -0.650. The molecule has 2 aromatic carbocycles. The van der Waals surface area contributed by atoms with Crippen LogP contribution in [-0.4, -0.2) is 0 Å². The van der Waals surface area contributed by atoms with Crippen LogP contribution >= 0.6 is 43.6 Å². The summed E-state index contributed by atoms with van der Waals surface area (Å²) < 4.78 is 1.97. The summed E-state index contributed by atoms with van der Waals surface area (Å²) in [5.41, 5.74) is 13.0. The fourth-order valence-electron chi connectivity index (χ4n) is 1.37. The average Bonchev–Trinajstić information content (AvgIpc) is 2.21. The van der Waals surface area contributed by atoms with Crippen LogP contribution < -0.4 is 11.5 Å². The van der Waals surface area contributed by atoms with Gasteiger partial charge in [0.05, 0.1) is 0 Å². The first-order valence-electron chi connectivity index (χ1n) is 4.83. The topological polar surface area (TPSA) is 52.0 Å². The van der Waals surface area contributed by atoms with Crippen LogP contribution in [-0.2, 0) is 0 Å². The molecular formula is C12H10Br2N2S. The van der Waals surface area contributed by atoms with E-state index in [0.29, 0.717) is 0 Å². The fraction of sp³-hybridized carbons (Fsp3) is 0. The Labute approximate surface area is 121 Å². The lowest BCUT2D eigenvalue weighted by Crippen LogP contribution is -1.87. The first-order valence-corrected chi connectivity index (χ1v) is 7.24. The van der Waals surface area contributed by atoms with Crippen molar-refractivity contribution in [2.45, 2.75) is 9.79 Å². The molecule has 2 rings (SSSR count). The van der Waals surface area contributed by atoms with Crippen LogP contribution in [0.4, 0.5) is 11.4 Å². The normalized spacial score (nSPS) is 10.5. The Kier molecular flexibility index (Phi) is 4.01. The van der Waals surface area contributed by atoms with Gasteiger partial charge < -0.3 is 11.5 Å². The first-order chi connectivity index (χ1) is 8.04. The average molecular weight is 374 g/mol. The van der Waals surface area contributed by atoms with Crippen molar-refractivity contribution in [3.8, 4) is 0 Å². The summed E-state index contributed by atoms with van der Waals surface area (Å²) in [6.45, 7) is 0. The molecule has 0 spiro atoms. The van der Waals surface area contributed by atoms with E-state index in [0.717, 1.165) is 30.1 Å². The SMILES string of the molecule is Nc1cc(Br)cc(Sc2ccc(N)cc2Br)c1. The molecule has 0 saturated carbocycles. The summed E-state index contributed by atoms with van der Waals surface area (Å²) >= 11 is 8.57. The number of benzene rings is 2. The van der Waals surface area contributed by atoms with E-state index in [1.807, 2.05) is 36.4 Å². The van der Waals surface area contributed by atoms with Crippen LogP contribution in [0.25, 0.3) is 0 Å². The third-order valence-corrected chi connectivity index (χ3v) is 4.50. The molecule has 0 bridgehead atoms. The zero-order chi connectivity index (χ0) is 12.4. The molecule has 0 atom stereocenters. The molecule has 0 aromatic heterocycles. The number of rotatable bonds is 2. The molecule has 0 fully saturated rings. The third kappa shape index (κ3) is 3.40. The van der Waals surface area contributed by atoms with E-state index >= 15 is 0 Å². The molecule has 5 heteroatoms. The molecule has 0 aliphatic carbocycles. The Balaban J connectivity index is 2.31. The van der Waals surface area contributed by atoms with Gasteiger partial charge in [0.25, 0.3) is 0 Å². The van der Waals surface area contributed by atoms with E-state index in [1.165, 1.54) is 0 Å². The van der Waals surface area contributed by atoms with Crippen LogP contribution in [0.3, 0.4) is 0 Å². The molecule has 2 nitrogen and oxygen atoms in total. The number of anilines is 2. The number of nitrogen functional groups attached to an aromatic ring is 2. The smallest absolute Gasteiger partial charge is 0.0336 e. The lowest BCUT2D eigenvalue weighted by molar-refractivity contribution is 1.37. The predicted molar refractivity (Wildman–Crippen MR) is 81.2 cm³/mol. The lowest BCUT2D eigenvalue weighted by Gasteiger charge is -2.06. The highest BCUT2D eigenvalue weighted by molar-refractivity contribution is 9.10. The first kappa shape index (κ1) is 12.8. The summed E-state index contributed by atoms with van der Waals surface area (Å²) in [4.78, 5) is 2.19. The zero-order valence-corrected chi connectivity index (χ0v) is 12.8. The Morgan fingerprint density at radius 2 is 1.65 bits per heavy atom. The van der Waals surface area contributed by atoms with Crippen LogP contribution in [0.15, 0.2) is 55.1 Å². The summed E-state index contributed by atoms with van der Waals surface area (Å²) in [7, 11) is 0. The van der Waals surface area contributed by atoms with E-state index in [2.05, 4.69) is 31.9 Å². The minimum absolute atomic E-state index is 0.744. The Morgan fingerprint density at radius 3 is 2.29 bits per heavy atom. The molecule has 0 heterocycles. The van der Waals surface area contributed by atoms with Crippen molar-refractivity contribution in [2.75, 3.05) is 11.5 Å². The largest absolute Gasteiger partial charge is 0.399 e. The highest BCUT2D eigenvalue weighted by Crippen LogP contribution is 2.36. The zero-order valence-electron chi connectivity index (χ0n) is 8.78. The maximum Gasteiger partial charge on any atom is 0.0336 e. The van der Waals surface area contributed by atoms with Gasteiger partial charge in [0.15, 0.2) is 0 Å². The quantitative estimate of drug-likeness (QED) is 0.760. The van der Waals surface area contributed by atoms with Crippen molar-refractivity contribution in [2.24, 2.45) is 0 Å². The Morgan fingerprint density at radius 1 is 0.882 bits per heavy atom. The van der Waals surface area contributed by atoms with Crippen molar-refractivity contribution in [1.82, 2.24) is 0 Å². The molecule has 0 unspecified atom stereocenters. The standard InChI is InChI=1S/C12H10Br2N2S/c13-7-3-9(16)5-10(4-7)17-12-2-1-8(15)6-11(12)14/h1-6H,15-16H2. The van der Waals surface area contributed by atoms with Crippen LogP contribution in [0.1, 0.15) is 0 Å². The van der Waals surface area contributed by atoms with Gasteiger partial charge in [-0.15, -0.1) is 0 Å². The molecular weight excluding hydrogens is 364 g/mol. The molecule has 0 aliphatic rings. The Bertz CT molecular complexity index is 538. The molecule has 2 aromatic rings. The molecule has 17 heavy (non-hydrogen) atoms. The van der Waals surface area contributed by atoms with E-state index in [1.54, 1.807) is 11.8 Å². The number of halogens is 2. The van der Waals surface area contributed by atoms with E-state index in [4.69, 9.17) is 11.5 Å². The second-order valence-electron chi connectivity index (χ2n) is 3.51. The van der Waals surface area contributed by atoms with Gasteiger partial charge in [0.2, 0.25) is 0 Å². The second kappa shape index (κ2) is 5.33. The minimum atomic E-state index is 0.744. The molecule has 0 amide bonds. The molecule has 4 N–H and O–H groups in total. The number of hydrogen-bond acceptors (Lipinski definition) is 3. The van der Waals surface area contributed by atoms with Crippen LogP contribution in [0.5, 0.6) is 0 Å². The van der Waals surface area contributed by atoms with Gasteiger partial charge in [-0.2, -0.15) is 0 Å². The van der Waals surface area contributed by atoms with Crippen LogP contribution in [0, 0.1) is 0 Å². The molecule has 88 valence electrons. The van der Waals surface area contributed by atoms with Crippen LogP contribution in [0.2, 0.25) is 0 Å². The van der Waals surface area contributed by atoms with E-state index in [9.17, 15) is 0 Å². The van der Waals surface area contributed by atoms with Crippen molar-refractivity contribution < 1.29 is 0 Å². The fourth-order valence-corrected chi connectivity index (χ4v) is 3.60. The van der Waals surface area contributed by atoms with Gasteiger partial charge in [0, 0.05) is 30.1 Å². The van der Waals surface area contributed by atoms with E-state index in [-0.39, 0.29) is 0 Å². The van der Waals surface area contributed by atoms with Gasteiger partial charge in [-0.25, -0.2) is 0 Å². The van der Waals surface area contributed by atoms with Gasteiger partial charge in [0.1, 0.15) is 0 Å². The van der Waals surface area contributed by atoms with Gasteiger partial charge in [-0.1, -0.05) is 27.7 Å². The summed E-state index contributed by atoms with van der Waals surface area (Å²) in [5.74, 6) is 0. The van der Waals surface area contributed by atoms with Crippen molar-refractivity contribution in [3.05, 3.63) is 45.3 Å². The summed E-state index contributed by atoms with van der Waals surface area (Å²) in [6.07, 6.45) is 0. The molecule has 0 saturated heterocycles. The van der Waals surface area contributed by atoms with Crippen molar-refractivity contribution in [1.29, 1.82) is 0 Å². The minimum Gasteiger partial charge on any atom is -0.399 e. The van der Waals surface area contributed by atoms with E-state index < -0.39 is 0 Å². The highest BCUT2D eigenvalue weighted by Gasteiger charge is 2.04. The van der Waals surface area contributed by atoms with Crippen molar-refractivity contribution in [3.63, 3.8) is 0 Å². The van der Waals surface area contributed by atoms with Gasteiger partial charge >= 0.3 is 0 Å². The highest BCUT2D eigenvalue weighted by atomic mass is 79.9.